The number of nitrogens with one attached hydrogen (secondary N) is 2. The van der Waals surface area contributed by atoms with Crippen molar-refractivity contribution < 1.29 is 9.18 Å². The maximum Gasteiger partial charge on any atom is 0.272 e. The maximum absolute atomic E-state index is 13.1. The summed E-state index contributed by atoms with van der Waals surface area (Å²) in [7, 11) is 0. The molecule has 1 amide bonds. The van der Waals surface area contributed by atoms with Gasteiger partial charge in [0, 0.05) is 28.6 Å². The molecule has 8 heteroatoms. The Morgan fingerprint density at radius 3 is 2.26 bits per heavy atom. The van der Waals surface area contributed by atoms with Crippen molar-refractivity contribution in [2.24, 2.45) is 5.92 Å². The molecular weight excluding hydrogens is 453 g/mol. The van der Waals surface area contributed by atoms with Crippen molar-refractivity contribution in [2.45, 2.75) is 33.7 Å². The molecule has 0 spiro atoms. The van der Waals surface area contributed by atoms with Gasteiger partial charge in [-0.2, -0.15) is 0 Å². The topological polar surface area (TPSA) is 64.3 Å². The Balaban J connectivity index is 1.32. The van der Waals surface area contributed by atoms with Crippen molar-refractivity contribution in [3.05, 3.63) is 82.2 Å². The monoisotopic (exact) mass is 481 g/mol. The van der Waals surface area contributed by atoms with E-state index in [0.29, 0.717) is 29.5 Å². The number of anilines is 2. The third kappa shape index (κ3) is 5.42. The first-order valence-electron chi connectivity index (χ1n) is 11.4. The van der Waals surface area contributed by atoms with Gasteiger partial charge in [-0.3, -0.25) is 4.79 Å². The third-order valence-corrected chi connectivity index (χ3v) is 6.37. The number of allylic oxidation sites excluding steroid dienone is 1. The molecule has 0 aliphatic carbocycles. The van der Waals surface area contributed by atoms with Crippen LogP contribution in [0.25, 0.3) is 6.08 Å². The number of nitrogens with zero attached hydrogens (tertiary/aromatic N) is 3. The van der Waals surface area contributed by atoms with Gasteiger partial charge < -0.3 is 20.1 Å². The smallest absolute Gasteiger partial charge is 0.272 e. The van der Waals surface area contributed by atoms with E-state index in [4.69, 9.17) is 11.6 Å². The molecule has 0 atom stereocenters. The molecule has 0 unspecified atom stereocenters. The molecule has 1 saturated heterocycles. The highest BCUT2D eigenvalue weighted by Crippen LogP contribution is 2.26. The van der Waals surface area contributed by atoms with E-state index in [-0.39, 0.29) is 17.6 Å². The van der Waals surface area contributed by atoms with Gasteiger partial charge in [0.1, 0.15) is 17.3 Å². The maximum atomic E-state index is 13.1. The number of halogens is 2. The number of carbonyl (C=O) groups excluding carboxylic acids is 1. The molecular formula is C26H29ClFN5O. The lowest BCUT2D eigenvalue weighted by atomic mass is 10.1. The van der Waals surface area contributed by atoms with Gasteiger partial charge in [0.05, 0.1) is 13.3 Å². The van der Waals surface area contributed by atoms with E-state index < -0.39 is 0 Å². The van der Waals surface area contributed by atoms with Gasteiger partial charge in [0.2, 0.25) is 0 Å². The number of carbonyl (C=O) groups is 1. The number of H-pyrrole nitrogens is 1. The fraction of sp³-hybridized carbons (Fsp3) is 0.308. The number of aromatic nitrogens is 2. The molecule has 1 aromatic heterocycles. The second-order valence-electron chi connectivity index (χ2n) is 8.67. The van der Waals surface area contributed by atoms with Crippen LogP contribution in [0.3, 0.4) is 0 Å². The van der Waals surface area contributed by atoms with E-state index in [1.807, 2.05) is 45.0 Å². The lowest BCUT2D eigenvalue weighted by Gasteiger charge is -2.45. The average Bonchev–Trinajstić information content (AvgIpc) is 3.21. The Bertz CT molecular complexity index is 1160. The summed E-state index contributed by atoms with van der Waals surface area (Å²) in [6, 6.07) is 14.7. The van der Waals surface area contributed by atoms with Gasteiger partial charge in [-0.1, -0.05) is 44.5 Å². The Morgan fingerprint density at radius 1 is 1.12 bits per heavy atom. The molecule has 0 bridgehead atoms. The van der Waals surface area contributed by atoms with Gasteiger partial charge in [-0.05, 0) is 60.4 Å². The quantitative estimate of drug-likeness (QED) is 0.444. The molecule has 2 heterocycles. The normalized spacial score (nSPS) is 13.9. The molecule has 0 saturated carbocycles. The zero-order valence-electron chi connectivity index (χ0n) is 19.6. The Kier molecular flexibility index (Phi) is 7.22. The lowest BCUT2D eigenvalue weighted by Crippen LogP contribution is -2.55. The fourth-order valence-electron chi connectivity index (χ4n) is 3.68. The van der Waals surface area contributed by atoms with E-state index in [1.54, 1.807) is 18.2 Å². The molecule has 178 valence electrons. The first-order valence-corrected chi connectivity index (χ1v) is 11.8. The van der Waals surface area contributed by atoms with Crippen molar-refractivity contribution in [3.63, 3.8) is 0 Å². The summed E-state index contributed by atoms with van der Waals surface area (Å²) in [5, 5.41) is 3.65. The van der Waals surface area contributed by atoms with Crippen molar-refractivity contribution in [2.75, 3.05) is 23.1 Å². The van der Waals surface area contributed by atoms with Crippen LogP contribution in [0.5, 0.6) is 0 Å². The van der Waals surface area contributed by atoms with Crippen LogP contribution in [0.15, 0.2) is 53.6 Å². The van der Waals surface area contributed by atoms with E-state index >= 15 is 0 Å². The van der Waals surface area contributed by atoms with Gasteiger partial charge in [-0.15, -0.1) is 0 Å². The largest absolute Gasteiger partial charge is 0.347 e. The number of benzene rings is 2. The summed E-state index contributed by atoms with van der Waals surface area (Å²) in [4.78, 5) is 24.8. The molecule has 3 aromatic rings. The SMILES string of the molecule is CCc1[nH]c(/C=C(/Cl)C(C)C)nc1C(=O)NCc1ccc(N2CN(c3ccc(F)cc3)C2)cc1. The molecule has 4 rings (SSSR count). The second kappa shape index (κ2) is 10.3. The van der Waals surface area contributed by atoms with Gasteiger partial charge in [0.25, 0.3) is 5.91 Å². The Labute approximate surface area is 204 Å². The molecule has 1 fully saturated rings. The highest BCUT2D eigenvalue weighted by atomic mass is 35.5. The van der Waals surface area contributed by atoms with Crippen LogP contribution < -0.4 is 15.1 Å². The summed E-state index contributed by atoms with van der Waals surface area (Å²) >= 11 is 6.25. The summed E-state index contributed by atoms with van der Waals surface area (Å²) in [6.45, 7) is 7.90. The number of aryl methyl sites for hydroxylation is 1. The van der Waals surface area contributed by atoms with Crippen molar-refractivity contribution >= 4 is 35.0 Å². The van der Waals surface area contributed by atoms with E-state index in [1.165, 1.54) is 12.1 Å². The van der Waals surface area contributed by atoms with Crippen molar-refractivity contribution in [1.29, 1.82) is 0 Å². The van der Waals surface area contributed by atoms with E-state index in [9.17, 15) is 9.18 Å². The van der Waals surface area contributed by atoms with Crippen LogP contribution >= 0.6 is 11.6 Å². The number of hydrogen-bond donors (Lipinski definition) is 2. The molecule has 1 aliphatic rings. The number of amides is 1. The minimum absolute atomic E-state index is 0.194. The first-order chi connectivity index (χ1) is 16.3. The number of imidazole rings is 1. The third-order valence-electron chi connectivity index (χ3n) is 5.82. The number of aromatic amines is 1. The Morgan fingerprint density at radius 2 is 1.71 bits per heavy atom. The predicted molar refractivity (Wildman–Crippen MR) is 135 cm³/mol. The zero-order valence-corrected chi connectivity index (χ0v) is 20.4. The summed E-state index contributed by atoms with van der Waals surface area (Å²) in [6.07, 6.45) is 2.44. The summed E-state index contributed by atoms with van der Waals surface area (Å²) in [5.41, 5.74) is 4.31. The van der Waals surface area contributed by atoms with Crippen LogP contribution in [0.4, 0.5) is 15.8 Å². The molecule has 1 aliphatic heterocycles. The second-order valence-corrected chi connectivity index (χ2v) is 9.11. The summed E-state index contributed by atoms with van der Waals surface area (Å²) in [5.74, 6) is 0.346. The van der Waals surface area contributed by atoms with Crippen LogP contribution in [0.1, 0.15) is 48.3 Å². The van der Waals surface area contributed by atoms with Gasteiger partial charge in [-0.25, -0.2) is 9.37 Å². The van der Waals surface area contributed by atoms with Crippen LogP contribution in [-0.2, 0) is 13.0 Å². The lowest BCUT2D eigenvalue weighted by molar-refractivity contribution is 0.0945. The molecule has 2 N–H and O–H groups in total. The van der Waals surface area contributed by atoms with E-state index in [2.05, 4.69) is 25.1 Å². The summed E-state index contributed by atoms with van der Waals surface area (Å²) < 4.78 is 13.1. The first kappa shape index (κ1) is 23.8. The van der Waals surface area contributed by atoms with Crippen molar-refractivity contribution in [1.82, 2.24) is 15.3 Å². The van der Waals surface area contributed by atoms with Crippen molar-refractivity contribution in [3.8, 4) is 0 Å². The zero-order chi connectivity index (χ0) is 24.2. The van der Waals surface area contributed by atoms with Gasteiger partial charge in [0.15, 0.2) is 0 Å². The minimum Gasteiger partial charge on any atom is -0.347 e. The predicted octanol–water partition coefficient (Wildman–Crippen LogP) is 5.52. The van der Waals surface area contributed by atoms with Gasteiger partial charge >= 0.3 is 0 Å². The Hall–Kier alpha value is -3.32. The standard InChI is InChI=1S/C26H29ClFN5O/c1-4-23-25(31-24(30-23)13-22(27)17(2)3)26(34)29-14-18-5-9-20(10-6-18)32-15-33(16-32)21-11-7-19(28)8-12-21/h5-13,17H,4,14-16H2,1-3H3,(H,29,34)(H,30,31)/b22-13+. The average molecular weight is 482 g/mol. The fourth-order valence-corrected chi connectivity index (χ4v) is 3.78. The minimum atomic E-state index is -0.227. The highest BCUT2D eigenvalue weighted by molar-refractivity contribution is 6.31. The van der Waals surface area contributed by atoms with Crippen LogP contribution in [0.2, 0.25) is 0 Å². The van der Waals surface area contributed by atoms with Crippen LogP contribution in [0, 0.1) is 11.7 Å². The molecule has 2 aromatic carbocycles. The van der Waals surface area contributed by atoms with Crippen LogP contribution in [-0.4, -0.2) is 29.2 Å². The number of hydrogen-bond acceptors (Lipinski definition) is 4. The van der Waals surface area contributed by atoms with E-state index in [0.717, 1.165) is 36.0 Å². The molecule has 0 radical (unpaired) electrons. The highest BCUT2D eigenvalue weighted by Gasteiger charge is 2.24. The molecule has 34 heavy (non-hydrogen) atoms. The molecule has 6 nitrogen and oxygen atoms in total. The number of rotatable bonds is 8.